The Morgan fingerprint density at radius 2 is 1.91 bits per heavy atom. The number of carbonyl (C=O) groups is 1. The molecule has 4 aromatic heterocycles. The van der Waals surface area contributed by atoms with Crippen LogP contribution in [0.3, 0.4) is 0 Å². The lowest BCUT2D eigenvalue weighted by Gasteiger charge is -2.29. The van der Waals surface area contributed by atoms with E-state index in [0.29, 0.717) is 24.5 Å². The third-order valence-electron chi connectivity index (χ3n) is 5.95. The Hall–Kier alpha value is -3.85. The third-order valence-corrected chi connectivity index (χ3v) is 5.95. The first-order chi connectivity index (χ1) is 16.5. The molecule has 1 N–H and O–H groups in total. The number of aromatic nitrogens is 5. The number of hydrogen-bond acceptors (Lipinski definition) is 7. The molecule has 0 bridgehead atoms. The zero-order valence-electron chi connectivity index (χ0n) is 19.5. The number of pyridine rings is 2. The van der Waals surface area contributed by atoms with Crippen molar-refractivity contribution in [3.63, 3.8) is 0 Å². The standard InChI is InChI=1S/C25H27N7O2/c1-16(2)21-12-18(4-5-26-21)25(33)29-19-13-20(17(3)28-15-19)22-14-23(31-8-10-34-11-9-31)24-27-6-7-32(24)30-22/h4-7,12-16H,8-11H2,1-3H3,(H,29,33). The minimum atomic E-state index is -0.201. The Kier molecular flexibility index (Phi) is 5.93. The number of fused-ring (bicyclic) bond motifs is 1. The Morgan fingerprint density at radius 1 is 1.09 bits per heavy atom. The van der Waals surface area contributed by atoms with Crippen LogP contribution in [0.25, 0.3) is 16.9 Å². The molecule has 1 fully saturated rings. The van der Waals surface area contributed by atoms with Crippen LogP contribution in [-0.2, 0) is 4.74 Å². The summed E-state index contributed by atoms with van der Waals surface area (Å²) in [5.74, 6) is 0.0400. The van der Waals surface area contributed by atoms with Gasteiger partial charge in [0, 0.05) is 54.2 Å². The zero-order chi connectivity index (χ0) is 23.7. The van der Waals surface area contributed by atoms with Gasteiger partial charge in [0.2, 0.25) is 0 Å². The van der Waals surface area contributed by atoms with Crippen molar-refractivity contribution in [2.24, 2.45) is 0 Å². The summed E-state index contributed by atoms with van der Waals surface area (Å²) in [5.41, 5.74) is 6.29. The molecule has 5 heterocycles. The molecule has 34 heavy (non-hydrogen) atoms. The van der Waals surface area contributed by atoms with E-state index >= 15 is 0 Å². The molecule has 0 saturated carbocycles. The Balaban J connectivity index is 1.48. The predicted molar refractivity (Wildman–Crippen MR) is 130 cm³/mol. The lowest BCUT2D eigenvalue weighted by molar-refractivity contribution is 0.102. The summed E-state index contributed by atoms with van der Waals surface area (Å²) in [4.78, 5) is 28.5. The number of amides is 1. The van der Waals surface area contributed by atoms with Crippen LogP contribution in [0.5, 0.6) is 0 Å². The van der Waals surface area contributed by atoms with Crippen molar-refractivity contribution in [3.8, 4) is 11.3 Å². The molecule has 0 aliphatic carbocycles. The molecule has 9 nitrogen and oxygen atoms in total. The van der Waals surface area contributed by atoms with Crippen molar-refractivity contribution < 1.29 is 9.53 Å². The number of aryl methyl sites for hydroxylation is 1. The van der Waals surface area contributed by atoms with E-state index in [0.717, 1.165) is 47.1 Å². The Bertz CT molecular complexity index is 1340. The monoisotopic (exact) mass is 457 g/mol. The largest absolute Gasteiger partial charge is 0.378 e. The smallest absolute Gasteiger partial charge is 0.255 e. The van der Waals surface area contributed by atoms with Crippen LogP contribution in [0, 0.1) is 6.92 Å². The normalized spacial score (nSPS) is 14.1. The molecular formula is C25H27N7O2. The van der Waals surface area contributed by atoms with E-state index < -0.39 is 0 Å². The second kappa shape index (κ2) is 9.18. The molecule has 174 valence electrons. The molecule has 5 rings (SSSR count). The van der Waals surface area contributed by atoms with Gasteiger partial charge in [-0.05, 0) is 37.1 Å². The Labute approximate surface area is 197 Å². The average Bonchev–Trinajstić information content (AvgIpc) is 3.34. The molecule has 0 unspecified atom stereocenters. The molecule has 9 heteroatoms. The first-order valence-electron chi connectivity index (χ1n) is 11.4. The van der Waals surface area contributed by atoms with Crippen molar-refractivity contribution in [3.05, 3.63) is 66.0 Å². The number of hydrogen-bond donors (Lipinski definition) is 1. The van der Waals surface area contributed by atoms with Crippen LogP contribution in [0.15, 0.2) is 49.1 Å². The maximum absolute atomic E-state index is 12.9. The van der Waals surface area contributed by atoms with Crippen molar-refractivity contribution in [1.29, 1.82) is 0 Å². The number of carbonyl (C=O) groups excluding carboxylic acids is 1. The van der Waals surface area contributed by atoms with Crippen molar-refractivity contribution >= 4 is 22.9 Å². The molecule has 0 radical (unpaired) electrons. The molecular weight excluding hydrogens is 430 g/mol. The third kappa shape index (κ3) is 4.34. The summed E-state index contributed by atoms with van der Waals surface area (Å²) in [6.45, 7) is 8.99. The van der Waals surface area contributed by atoms with Gasteiger partial charge >= 0.3 is 0 Å². The fourth-order valence-electron chi connectivity index (χ4n) is 4.04. The van der Waals surface area contributed by atoms with Gasteiger partial charge in [-0.2, -0.15) is 5.10 Å². The van der Waals surface area contributed by atoms with Gasteiger partial charge in [0.25, 0.3) is 5.91 Å². The molecule has 4 aromatic rings. The molecule has 0 spiro atoms. The summed E-state index contributed by atoms with van der Waals surface area (Å²) in [5, 5.41) is 7.74. The zero-order valence-corrected chi connectivity index (χ0v) is 19.5. The first kappa shape index (κ1) is 22.0. The molecule has 1 aliphatic heterocycles. The minimum Gasteiger partial charge on any atom is -0.378 e. The first-order valence-corrected chi connectivity index (χ1v) is 11.4. The number of anilines is 2. The molecule has 0 atom stereocenters. The van der Waals surface area contributed by atoms with Crippen LogP contribution in [-0.4, -0.2) is 56.8 Å². The van der Waals surface area contributed by atoms with Crippen LogP contribution in [0.4, 0.5) is 11.4 Å². The number of ether oxygens (including phenoxy) is 1. The summed E-state index contributed by atoms with van der Waals surface area (Å²) < 4.78 is 7.31. The van der Waals surface area contributed by atoms with Crippen LogP contribution < -0.4 is 10.2 Å². The lowest BCUT2D eigenvalue weighted by Crippen LogP contribution is -2.36. The van der Waals surface area contributed by atoms with Gasteiger partial charge in [-0.1, -0.05) is 13.8 Å². The fraction of sp³-hybridized carbons (Fsp3) is 0.320. The van der Waals surface area contributed by atoms with Gasteiger partial charge in [0.1, 0.15) is 0 Å². The maximum atomic E-state index is 12.9. The average molecular weight is 458 g/mol. The highest BCUT2D eigenvalue weighted by molar-refractivity contribution is 6.04. The topological polar surface area (TPSA) is 97.5 Å². The Morgan fingerprint density at radius 3 is 2.71 bits per heavy atom. The SMILES string of the molecule is Cc1ncc(NC(=O)c2ccnc(C(C)C)c2)cc1-c1cc(N2CCOCC2)c2nccn2n1. The quantitative estimate of drug-likeness (QED) is 0.488. The summed E-state index contributed by atoms with van der Waals surface area (Å²) in [6.07, 6.45) is 6.92. The van der Waals surface area contributed by atoms with E-state index in [1.165, 1.54) is 0 Å². The second-order valence-corrected chi connectivity index (χ2v) is 8.64. The van der Waals surface area contributed by atoms with E-state index in [2.05, 4.69) is 39.0 Å². The summed E-state index contributed by atoms with van der Waals surface area (Å²) in [7, 11) is 0. The predicted octanol–water partition coefficient (Wildman–Crippen LogP) is 3.71. The van der Waals surface area contributed by atoms with Crippen LogP contribution in [0.1, 0.15) is 41.5 Å². The van der Waals surface area contributed by atoms with Gasteiger partial charge in [0.15, 0.2) is 5.65 Å². The van der Waals surface area contributed by atoms with E-state index in [-0.39, 0.29) is 11.8 Å². The van der Waals surface area contributed by atoms with Gasteiger partial charge in [0.05, 0.1) is 36.5 Å². The van der Waals surface area contributed by atoms with E-state index in [1.54, 1.807) is 29.2 Å². The van der Waals surface area contributed by atoms with Crippen molar-refractivity contribution in [2.75, 3.05) is 36.5 Å². The highest BCUT2D eigenvalue weighted by Crippen LogP contribution is 2.29. The maximum Gasteiger partial charge on any atom is 0.255 e. The van der Waals surface area contributed by atoms with Crippen LogP contribution in [0.2, 0.25) is 0 Å². The van der Waals surface area contributed by atoms with Gasteiger partial charge in [-0.25, -0.2) is 9.50 Å². The van der Waals surface area contributed by atoms with Gasteiger partial charge in [-0.15, -0.1) is 0 Å². The van der Waals surface area contributed by atoms with E-state index in [9.17, 15) is 4.79 Å². The number of imidazole rings is 1. The number of nitrogens with one attached hydrogen (secondary N) is 1. The van der Waals surface area contributed by atoms with Gasteiger partial charge < -0.3 is 15.0 Å². The molecule has 1 amide bonds. The second-order valence-electron chi connectivity index (χ2n) is 8.64. The van der Waals surface area contributed by atoms with Crippen molar-refractivity contribution in [1.82, 2.24) is 24.6 Å². The summed E-state index contributed by atoms with van der Waals surface area (Å²) >= 11 is 0. The highest BCUT2D eigenvalue weighted by Gasteiger charge is 2.19. The van der Waals surface area contributed by atoms with Crippen molar-refractivity contribution in [2.45, 2.75) is 26.7 Å². The number of rotatable bonds is 5. The molecule has 1 aliphatic rings. The van der Waals surface area contributed by atoms with Gasteiger partial charge in [-0.3, -0.25) is 14.8 Å². The number of morpholine rings is 1. The number of nitrogens with zero attached hydrogens (tertiary/aromatic N) is 6. The minimum absolute atomic E-state index is 0.201. The molecule has 0 aromatic carbocycles. The van der Waals surface area contributed by atoms with Crippen LogP contribution >= 0.6 is 0 Å². The van der Waals surface area contributed by atoms with E-state index in [1.807, 2.05) is 31.3 Å². The highest BCUT2D eigenvalue weighted by atomic mass is 16.5. The summed E-state index contributed by atoms with van der Waals surface area (Å²) in [6, 6.07) is 7.50. The molecule has 1 saturated heterocycles. The van der Waals surface area contributed by atoms with E-state index in [4.69, 9.17) is 9.84 Å². The lowest BCUT2D eigenvalue weighted by atomic mass is 10.1. The fourth-order valence-corrected chi connectivity index (χ4v) is 4.04.